The summed E-state index contributed by atoms with van der Waals surface area (Å²) in [6.45, 7) is 6.94. The van der Waals surface area contributed by atoms with Gasteiger partial charge >= 0.3 is 0 Å². The van der Waals surface area contributed by atoms with Crippen molar-refractivity contribution in [1.29, 1.82) is 0 Å². The number of allylic oxidation sites excluding steroid dienone is 11. The molecule has 0 amide bonds. The fourth-order valence-corrected chi connectivity index (χ4v) is 4.81. The molecule has 0 aromatic rings. The molecule has 1 nitrogen and oxygen atoms in total. The van der Waals surface area contributed by atoms with Crippen molar-refractivity contribution in [1.82, 2.24) is 5.32 Å². The van der Waals surface area contributed by atoms with Crippen LogP contribution in [-0.2, 0) is 0 Å². The van der Waals surface area contributed by atoms with Crippen LogP contribution in [0.1, 0.15) is 78.6 Å². The van der Waals surface area contributed by atoms with Crippen LogP contribution >= 0.6 is 0 Å². The molecule has 0 aromatic heterocycles. The summed E-state index contributed by atoms with van der Waals surface area (Å²) in [6.07, 6.45) is 29.9. The highest BCUT2D eigenvalue weighted by Crippen LogP contribution is 2.37. The average molecular weight is 378 g/mol. The topological polar surface area (TPSA) is 12.0 Å². The molecule has 1 heteroatoms. The lowest BCUT2D eigenvalue weighted by Gasteiger charge is -2.26. The maximum Gasteiger partial charge on any atom is 0.0415 e. The van der Waals surface area contributed by atoms with E-state index in [0.29, 0.717) is 17.9 Å². The van der Waals surface area contributed by atoms with Crippen LogP contribution in [-0.4, -0.2) is 6.04 Å². The first-order chi connectivity index (χ1) is 13.7. The fourth-order valence-electron chi connectivity index (χ4n) is 4.81. The van der Waals surface area contributed by atoms with Gasteiger partial charge in [-0.05, 0) is 63.9 Å². The van der Waals surface area contributed by atoms with Crippen LogP contribution < -0.4 is 5.32 Å². The van der Waals surface area contributed by atoms with Gasteiger partial charge in [-0.25, -0.2) is 0 Å². The van der Waals surface area contributed by atoms with E-state index in [9.17, 15) is 0 Å². The minimum Gasteiger partial charge on any atom is -0.382 e. The standard InChI is InChI=1S/C27H39N/c1-4-6-12-23-15-16-25-20-26(17-21(3)28-27(25)19-23)24(11-5-2)18-22-13-9-7-8-10-14-22/h7-9,13-15,17,19,21,24-25,28H,4-6,10-12,16,18,20H2,1-3H3. The first-order valence-corrected chi connectivity index (χ1v) is 11.6. The Kier molecular flexibility index (Phi) is 8.01. The fraction of sp³-hybridized carbons (Fsp3) is 0.556. The summed E-state index contributed by atoms with van der Waals surface area (Å²) < 4.78 is 0. The minimum atomic E-state index is 0.427. The first kappa shape index (κ1) is 21.0. The van der Waals surface area contributed by atoms with Gasteiger partial charge in [0.15, 0.2) is 0 Å². The molecule has 3 atom stereocenters. The summed E-state index contributed by atoms with van der Waals surface area (Å²) in [7, 11) is 0. The first-order valence-electron chi connectivity index (χ1n) is 11.6. The predicted molar refractivity (Wildman–Crippen MR) is 123 cm³/mol. The molecule has 0 spiro atoms. The third-order valence-electron chi connectivity index (χ3n) is 6.32. The molecular formula is C27H39N. The van der Waals surface area contributed by atoms with Crippen molar-refractivity contribution in [3.05, 3.63) is 71.0 Å². The number of hydrogen-bond donors (Lipinski definition) is 1. The summed E-state index contributed by atoms with van der Waals surface area (Å²) >= 11 is 0. The van der Waals surface area contributed by atoms with Gasteiger partial charge in [-0.2, -0.15) is 0 Å². The minimum absolute atomic E-state index is 0.427. The SMILES string of the molecule is CCCCC1=CCC2CC(C(CCC)CC3=CCC=CC=C3)=CC(C)NC2=C1. The van der Waals surface area contributed by atoms with Crippen LogP contribution in [0.2, 0.25) is 0 Å². The van der Waals surface area contributed by atoms with Gasteiger partial charge < -0.3 is 5.32 Å². The highest BCUT2D eigenvalue weighted by atomic mass is 14.9. The Hall–Kier alpha value is -1.76. The number of fused-ring (bicyclic) bond motifs is 1. The summed E-state index contributed by atoms with van der Waals surface area (Å²) in [5.74, 6) is 1.31. The molecule has 0 fully saturated rings. The lowest BCUT2D eigenvalue weighted by Crippen LogP contribution is -2.26. The Balaban J connectivity index is 1.73. The maximum absolute atomic E-state index is 3.83. The third-order valence-corrected chi connectivity index (χ3v) is 6.32. The molecule has 152 valence electrons. The van der Waals surface area contributed by atoms with Crippen LogP contribution in [0.15, 0.2) is 71.0 Å². The number of unbranched alkanes of at least 4 members (excludes halogenated alkanes) is 1. The van der Waals surface area contributed by atoms with Crippen molar-refractivity contribution in [2.45, 2.75) is 84.6 Å². The van der Waals surface area contributed by atoms with E-state index in [1.165, 1.54) is 62.6 Å². The molecule has 1 N–H and O–H groups in total. The van der Waals surface area contributed by atoms with E-state index in [-0.39, 0.29) is 0 Å². The Labute approximate surface area is 173 Å². The van der Waals surface area contributed by atoms with Gasteiger partial charge in [-0.1, -0.05) is 85.9 Å². The molecule has 2 aliphatic carbocycles. The highest BCUT2D eigenvalue weighted by Gasteiger charge is 2.27. The molecule has 3 unspecified atom stereocenters. The number of nitrogens with one attached hydrogen (secondary N) is 1. The van der Waals surface area contributed by atoms with Crippen molar-refractivity contribution >= 4 is 0 Å². The van der Waals surface area contributed by atoms with Crippen molar-refractivity contribution in [2.75, 3.05) is 0 Å². The van der Waals surface area contributed by atoms with Gasteiger partial charge in [-0.15, -0.1) is 0 Å². The Morgan fingerprint density at radius 2 is 2.00 bits per heavy atom. The molecule has 0 saturated carbocycles. The summed E-state index contributed by atoms with van der Waals surface area (Å²) in [5, 5.41) is 3.83. The average Bonchev–Trinajstić information content (AvgIpc) is 3.03. The van der Waals surface area contributed by atoms with E-state index in [1.807, 2.05) is 0 Å². The zero-order chi connectivity index (χ0) is 19.8. The monoisotopic (exact) mass is 377 g/mol. The second-order valence-electron chi connectivity index (χ2n) is 8.79. The molecule has 0 radical (unpaired) electrons. The van der Waals surface area contributed by atoms with Gasteiger partial charge in [0.05, 0.1) is 0 Å². The van der Waals surface area contributed by atoms with Gasteiger partial charge in [-0.3, -0.25) is 0 Å². The number of hydrogen-bond acceptors (Lipinski definition) is 1. The second kappa shape index (κ2) is 10.7. The molecule has 1 aliphatic heterocycles. The van der Waals surface area contributed by atoms with E-state index in [1.54, 1.807) is 11.1 Å². The van der Waals surface area contributed by atoms with Gasteiger partial charge in [0.1, 0.15) is 0 Å². The molecular weight excluding hydrogens is 338 g/mol. The molecule has 1 heterocycles. The van der Waals surface area contributed by atoms with E-state index >= 15 is 0 Å². The number of rotatable bonds is 8. The summed E-state index contributed by atoms with van der Waals surface area (Å²) in [4.78, 5) is 0. The van der Waals surface area contributed by atoms with Crippen molar-refractivity contribution in [3.63, 3.8) is 0 Å². The predicted octanol–water partition coefficient (Wildman–Crippen LogP) is 7.56. The van der Waals surface area contributed by atoms with Crippen LogP contribution in [0.4, 0.5) is 0 Å². The highest BCUT2D eigenvalue weighted by molar-refractivity contribution is 5.34. The van der Waals surface area contributed by atoms with Gasteiger partial charge in [0.25, 0.3) is 0 Å². The van der Waals surface area contributed by atoms with Crippen molar-refractivity contribution in [2.24, 2.45) is 11.8 Å². The van der Waals surface area contributed by atoms with E-state index in [0.717, 1.165) is 6.42 Å². The molecule has 0 saturated heterocycles. The Morgan fingerprint density at radius 3 is 2.82 bits per heavy atom. The van der Waals surface area contributed by atoms with Crippen molar-refractivity contribution in [3.8, 4) is 0 Å². The molecule has 3 rings (SSSR count). The van der Waals surface area contributed by atoms with Crippen molar-refractivity contribution < 1.29 is 0 Å². The lowest BCUT2D eigenvalue weighted by atomic mass is 9.80. The smallest absolute Gasteiger partial charge is 0.0415 e. The van der Waals surface area contributed by atoms with E-state index in [4.69, 9.17) is 0 Å². The van der Waals surface area contributed by atoms with Crippen LogP contribution in [0.5, 0.6) is 0 Å². The van der Waals surface area contributed by atoms with E-state index in [2.05, 4.69) is 74.7 Å². The van der Waals surface area contributed by atoms with Crippen LogP contribution in [0.25, 0.3) is 0 Å². The molecule has 0 aromatic carbocycles. The molecule has 28 heavy (non-hydrogen) atoms. The summed E-state index contributed by atoms with van der Waals surface area (Å²) in [5.41, 5.74) is 6.23. The molecule has 0 bridgehead atoms. The van der Waals surface area contributed by atoms with Gasteiger partial charge in [0, 0.05) is 17.7 Å². The zero-order valence-corrected chi connectivity index (χ0v) is 18.2. The van der Waals surface area contributed by atoms with E-state index < -0.39 is 0 Å². The summed E-state index contributed by atoms with van der Waals surface area (Å²) in [6, 6.07) is 0.427. The lowest BCUT2D eigenvalue weighted by molar-refractivity contribution is 0.488. The Morgan fingerprint density at radius 1 is 1.11 bits per heavy atom. The van der Waals surface area contributed by atoms with Crippen LogP contribution in [0.3, 0.4) is 0 Å². The van der Waals surface area contributed by atoms with Crippen LogP contribution in [0, 0.1) is 11.8 Å². The largest absolute Gasteiger partial charge is 0.382 e. The molecule has 3 aliphatic rings. The normalized spacial score (nSPS) is 25.4. The maximum atomic E-state index is 3.83. The quantitative estimate of drug-likeness (QED) is 0.430. The zero-order valence-electron chi connectivity index (χ0n) is 18.2. The Bertz CT molecular complexity index is 698. The van der Waals surface area contributed by atoms with Gasteiger partial charge in [0.2, 0.25) is 0 Å². The third kappa shape index (κ3) is 5.87. The second-order valence-corrected chi connectivity index (χ2v) is 8.79.